The van der Waals surface area contributed by atoms with Gasteiger partial charge in [-0.05, 0) is 24.1 Å². The molecule has 0 saturated carbocycles. The number of nitrogens with zero attached hydrogens (tertiary/aromatic N) is 1. The van der Waals surface area contributed by atoms with E-state index in [0.717, 1.165) is 48.8 Å². The Labute approximate surface area is 142 Å². The number of hydrogen-bond acceptors (Lipinski definition) is 5. The van der Waals surface area contributed by atoms with E-state index >= 15 is 0 Å². The van der Waals surface area contributed by atoms with Gasteiger partial charge in [-0.1, -0.05) is 18.2 Å². The van der Waals surface area contributed by atoms with E-state index in [0.29, 0.717) is 12.4 Å². The van der Waals surface area contributed by atoms with Crippen LogP contribution in [0.5, 0.6) is 17.2 Å². The molecule has 1 aliphatic heterocycles. The largest absolute Gasteiger partial charge is 0.493 e. The summed E-state index contributed by atoms with van der Waals surface area (Å²) in [6.45, 7) is 3.26. The first-order valence-corrected chi connectivity index (χ1v) is 8.15. The Morgan fingerprint density at radius 1 is 1.08 bits per heavy atom. The first kappa shape index (κ1) is 16.5. The summed E-state index contributed by atoms with van der Waals surface area (Å²) < 4.78 is 16.8. The molecule has 0 aromatic heterocycles. The summed E-state index contributed by atoms with van der Waals surface area (Å²) in [4.78, 5) is 2.35. The molecule has 3 rings (SSSR count). The average molecular weight is 328 g/mol. The molecule has 0 radical (unpaired) electrons. The molecule has 0 spiro atoms. The van der Waals surface area contributed by atoms with Crippen molar-refractivity contribution in [1.29, 1.82) is 0 Å². The molecule has 0 fully saturated rings. The standard InChI is InChI=1S/C19H24N2O3/c1-22-18-12-17(20)15-8-9-21(13-16(15)19(18)23-2)10-11-24-14-6-4-3-5-7-14/h3-7,12H,8-11,13,20H2,1-2H3. The molecule has 2 aromatic rings. The molecule has 24 heavy (non-hydrogen) atoms. The smallest absolute Gasteiger partial charge is 0.165 e. The van der Waals surface area contributed by atoms with Crippen LogP contribution >= 0.6 is 0 Å². The lowest BCUT2D eigenvalue weighted by Gasteiger charge is -2.31. The molecule has 1 aliphatic rings. The fraction of sp³-hybridized carbons (Fsp3) is 0.368. The van der Waals surface area contributed by atoms with Gasteiger partial charge in [0.1, 0.15) is 12.4 Å². The van der Waals surface area contributed by atoms with Crippen LogP contribution in [0.4, 0.5) is 5.69 Å². The van der Waals surface area contributed by atoms with Crippen molar-refractivity contribution in [2.24, 2.45) is 0 Å². The second kappa shape index (κ2) is 7.45. The Morgan fingerprint density at radius 3 is 2.58 bits per heavy atom. The van der Waals surface area contributed by atoms with E-state index in [-0.39, 0.29) is 0 Å². The molecule has 5 heteroatoms. The number of anilines is 1. The van der Waals surface area contributed by atoms with Gasteiger partial charge in [-0.3, -0.25) is 4.90 Å². The number of benzene rings is 2. The first-order chi connectivity index (χ1) is 11.7. The lowest BCUT2D eigenvalue weighted by atomic mass is 9.96. The van der Waals surface area contributed by atoms with Gasteiger partial charge in [-0.25, -0.2) is 0 Å². The van der Waals surface area contributed by atoms with Crippen LogP contribution in [0.2, 0.25) is 0 Å². The fourth-order valence-electron chi connectivity index (χ4n) is 3.16. The van der Waals surface area contributed by atoms with Gasteiger partial charge in [0.25, 0.3) is 0 Å². The molecule has 128 valence electrons. The summed E-state index contributed by atoms with van der Waals surface area (Å²) in [5, 5.41) is 0. The van der Waals surface area contributed by atoms with Gasteiger partial charge in [-0.2, -0.15) is 0 Å². The lowest BCUT2D eigenvalue weighted by molar-refractivity contribution is 0.193. The molecule has 2 N–H and O–H groups in total. The Balaban J connectivity index is 1.68. The van der Waals surface area contributed by atoms with Crippen molar-refractivity contribution >= 4 is 5.69 Å². The molecular formula is C19H24N2O3. The van der Waals surface area contributed by atoms with Gasteiger partial charge < -0.3 is 19.9 Å². The second-order valence-corrected chi connectivity index (χ2v) is 5.85. The third-order valence-electron chi connectivity index (χ3n) is 4.40. The van der Waals surface area contributed by atoms with E-state index in [9.17, 15) is 0 Å². The number of rotatable bonds is 6. The van der Waals surface area contributed by atoms with Gasteiger partial charge >= 0.3 is 0 Å². The van der Waals surface area contributed by atoms with Crippen molar-refractivity contribution < 1.29 is 14.2 Å². The molecule has 0 bridgehead atoms. The van der Waals surface area contributed by atoms with Gasteiger partial charge in [0.2, 0.25) is 0 Å². The van der Waals surface area contributed by atoms with Crippen molar-refractivity contribution in [3.05, 3.63) is 47.5 Å². The molecule has 1 heterocycles. The van der Waals surface area contributed by atoms with Crippen LogP contribution in [0.1, 0.15) is 11.1 Å². The highest BCUT2D eigenvalue weighted by molar-refractivity contribution is 5.64. The SMILES string of the molecule is COc1cc(N)c2c(c1OC)CN(CCOc1ccccc1)CC2. The van der Waals surface area contributed by atoms with E-state index in [2.05, 4.69) is 4.90 Å². The monoisotopic (exact) mass is 328 g/mol. The maximum atomic E-state index is 6.18. The Kier molecular flexibility index (Phi) is 5.11. The van der Waals surface area contributed by atoms with E-state index in [1.807, 2.05) is 36.4 Å². The van der Waals surface area contributed by atoms with Crippen molar-refractivity contribution in [1.82, 2.24) is 4.90 Å². The van der Waals surface area contributed by atoms with Crippen LogP contribution in [-0.4, -0.2) is 38.8 Å². The van der Waals surface area contributed by atoms with Crippen LogP contribution in [0, 0.1) is 0 Å². The van der Waals surface area contributed by atoms with E-state index in [4.69, 9.17) is 19.9 Å². The van der Waals surface area contributed by atoms with Gasteiger partial charge in [-0.15, -0.1) is 0 Å². The molecule has 5 nitrogen and oxygen atoms in total. The minimum Gasteiger partial charge on any atom is -0.493 e. The van der Waals surface area contributed by atoms with Crippen molar-refractivity contribution in [2.75, 3.05) is 39.6 Å². The van der Waals surface area contributed by atoms with Crippen molar-refractivity contribution in [2.45, 2.75) is 13.0 Å². The third-order valence-corrected chi connectivity index (χ3v) is 4.40. The van der Waals surface area contributed by atoms with E-state index in [1.165, 1.54) is 5.56 Å². The number of para-hydroxylation sites is 1. The summed E-state index contributed by atoms with van der Waals surface area (Å²) in [5.41, 5.74) is 9.26. The predicted molar refractivity (Wildman–Crippen MR) is 94.9 cm³/mol. The zero-order chi connectivity index (χ0) is 16.9. The van der Waals surface area contributed by atoms with Crippen LogP contribution in [0.25, 0.3) is 0 Å². The zero-order valence-electron chi connectivity index (χ0n) is 14.2. The Morgan fingerprint density at radius 2 is 1.88 bits per heavy atom. The van der Waals surface area contributed by atoms with Crippen molar-refractivity contribution in [3.63, 3.8) is 0 Å². The van der Waals surface area contributed by atoms with Crippen LogP contribution in [-0.2, 0) is 13.0 Å². The first-order valence-electron chi connectivity index (χ1n) is 8.15. The van der Waals surface area contributed by atoms with E-state index < -0.39 is 0 Å². The maximum Gasteiger partial charge on any atom is 0.165 e. The van der Waals surface area contributed by atoms with Gasteiger partial charge in [0, 0.05) is 37.0 Å². The minimum absolute atomic E-state index is 0.654. The number of methoxy groups -OCH3 is 2. The minimum atomic E-state index is 0.654. The van der Waals surface area contributed by atoms with Gasteiger partial charge in [0.15, 0.2) is 11.5 Å². The molecule has 0 amide bonds. The quantitative estimate of drug-likeness (QED) is 0.826. The molecule has 0 aliphatic carbocycles. The van der Waals surface area contributed by atoms with Crippen molar-refractivity contribution in [3.8, 4) is 17.2 Å². The summed E-state index contributed by atoms with van der Waals surface area (Å²) in [6, 6.07) is 11.7. The molecular weight excluding hydrogens is 304 g/mol. The predicted octanol–water partition coefficient (Wildman–Crippen LogP) is 2.72. The Hall–Kier alpha value is -2.40. The third kappa shape index (κ3) is 3.41. The summed E-state index contributed by atoms with van der Waals surface area (Å²) in [5.74, 6) is 2.38. The highest BCUT2D eigenvalue weighted by Crippen LogP contribution is 2.39. The number of ether oxygens (including phenoxy) is 3. The Bertz CT molecular complexity index is 689. The average Bonchev–Trinajstić information content (AvgIpc) is 2.62. The van der Waals surface area contributed by atoms with Crippen LogP contribution < -0.4 is 19.9 Å². The van der Waals surface area contributed by atoms with E-state index in [1.54, 1.807) is 14.2 Å². The highest BCUT2D eigenvalue weighted by Gasteiger charge is 2.24. The summed E-state index contributed by atoms with van der Waals surface area (Å²) in [7, 11) is 3.31. The fourth-order valence-corrected chi connectivity index (χ4v) is 3.16. The number of nitrogens with two attached hydrogens (primary N) is 1. The molecule has 2 aromatic carbocycles. The van der Waals surface area contributed by atoms with Gasteiger partial charge in [0.05, 0.1) is 14.2 Å². The number of hydrogen-bond donors (Lipinski definition) is 1. The molecule has 0 atom stereocenters. The highest BCUT2D eigenvalue weighted by atomic mass is 16.5. The topological polar surface area (TPSA) is 57.0 Å². The number of fused-ring (bicyclic) bond motifs is 1. The van der Waals surface area contributed by atoms with Crippen LogP contribution in [0.3, 0.4) is 0 Å². The second-order valence-electron chi connectivity index (χ2n) is 5.85. The number of nitrogen functional groups attached to an aromatic ring is 1. The van der Waals surface area contributed by atoms with Crippen LogP contribution in [0.15, 0.2) is 36.4 Å². The lowest BCUT2D eigenvalue weighted by Crippen LogP contribution is -2.34. The summed E-state index contributed by atoms with van der Waals surface area (Å²) >= 11 is 0. The summed E-state index contributed by atoms with van der Waals surface area (Å²) in [6.07, 6.45) is 0.910. The molecule has 0 unspecified atom stereocenters. The normalized spacial score (nSPS) is 14.1. The molecule has 0 saturated heterocycles. The zero-order valence-corrected chi connectivity index (χ0v) is 14.2. The maximum absolute atomic E-state index is 6.18.